The summed E-state index contributed by atoms with van der Waals surface area (Å²) in [5.74, 6) is 0.195. The van der Waals surface area contributed by atoms with Crippen LogP contribution in [0.3, 0.4) is 0 Å². The zero-order valence-corrected chi connectivity index (χ0v) is 30.2. The number of unbranched alkanes of at least 4 members (excludes halogenated alkanes) is 2. The van der Waals surface area contributed by atoms with Crippen molar-refractivity contribution in [2.45, 2.75) is 129 Å². The molecule has 1 aromatic heterocycles. The first-order valence-corrected chi connectivity index (χ1v) is 17.6. The molecule has 4 N–H and O–H groups in total. The van der Waals surface area contributed by atoms with E-state index in [1.165, 1.54) is 19.2 Å². The lowest BCUT2D eigenvalue weighted by molar-refractivity contribution is -0.300. The van der Waals surface area contributed by atoms with Crippen molar-refractivity contribution in [1.82, 2.24) is 0 Å². The Hall–Kier alpha value is -2.38. The van der Waals surface area contributed by atoms with E-state index < -0.39 is 58.8 Å². The molecule has 0 spiro atoms. The summed E-state index contributed by atoms with van der Waals surface area (Å²) in [4.78, 5) is 0.415. The summed E-state index contributed by atoms with van der Waals surface area (Å²) >= 11 is 1.14. The van der Waals surface area contributed by atoms with Crippen LogP contribution < -0.4 is 16.2 Å². The van der Waals surface area contributed by atoms with Gasteiger partial charge in [-0.1, -0.05) is 45.7 Å². The van der Waals surface area contributed by atoms with Gasteiger partial charge in [0.2, 0.25) is 0 Å². The Bertz CT molecular complexity index is 1560. The number of methoxy groups -OCH3 is 1. The Balaban J connectivity index is 1.59. The highest BCUT2D eigenvalue weighted by atomic mass is 32.1. The number of hydrogen-bond acceptors (Lipinski definition) is 6. The Morgan fingerprint density at radius 2 is 1.61 bits per heavy atom. The molecule has 2 aromatic carbocycles. The summed E-state index contributed by atoms with van der Waals surface area (Å²) in [5, 5.41) is 0.667. The second kappa shape index (κ2) is 14.7. The molecule has 1 heterocycles. The van der Waals surface area contributed by atoms with E-state index in [1.807, 2.05) is 20.8 Å². The minimum absolute atomic E-state index is 0.0622. The largest absolute Gasteiger partial charge is 0.489 e. The molecule has 1 fully saturated rings. The molecule has 0 amide bonds. The highest BCUT2D eigenvalue weighted by molar-refractivity contribution is 7.22. The number of benzene rings is 2. The van der Waals surface area contributed by atoms with E-state index in [2.05, 4.69) is 0 Å². The van der Waals surface area contributed by atoms with Crippen molar-refractivity contribution in [3.63, 3.8) is 0 Å². The molecule has 274 valence electrons. The zero-order valence-electron chi connectivity index (χ0n) is 29.4. The number of ether oxygens (including phenoxy) is 3. The number of alkyl halides is 6. The number of aryl methyl sites for hydroxylation is 1. The molecule has 49 heavy (non-hydrogen) atoms. The molecule has 0 bridgehead atoms. The minimum atomic E-state index is -4.69. The highest BCUT2D eigenvalue weighted by Crippen LogP contribution is 2.54. The number of hydrogen-bond donors (Lipinski definition) is 2. The highest BCUT2D eigenvalue weighted by Gasteiger charge is 2.66. The average Bonchev–Trinajstić information content (AvgIpc) is 3.55. The van der Waals surface area contributed by atoms with E-state index in [9.17, 15) is 26.3 Å². The van der Waals surface area contributed by atoms with Crippen molar-refractivity contribution in [3.8, 4) is 16.2 Å². The van der Waals surface area contributed by atoms with E-state index in [1.54, 1.807) is 44.2 Å². The summed E-state index contributed by atoms with van der Waals surface area (Å²) in [7, 11) is 1.38. The van der Waals surface area contributed by atoms with E-state index >= 15 is 0 Å². The predicted molar refractivity (Wildman–Crippen MR) is 184 cm³/mol. The van der Waals surface area contributed by atoms with Crippen molar-refractivity contribution in [3.05, 3.63) is 53.6 Å². The first-order chi connectivity index (χ1) is 22.6. The molecule has 5 nitrogen and oxygen atoms in total. The molecule has 3 aromatic rings. The number of fused-ring (bicyclic) bond motifs is 1. The van der Waals surface area contributed by atoms with Crippen LogP contribution in [0.4, 0.5) is 26.3 Å². The number of rotatable bonds is 14. The standard InChI is InChI=1S/C37H50F6N2O3S/c1-8-9-10-11-22-12-15-25(26(18-22)36(38,39)40)28-19-23-13-14-24(20-27(23)49-28)47-30-16-17-31(35(30,6)37(41,42)43)48-32(46-7)34(4,5)29(44)21-33(2,3)45/h12-15,18-20,29-32H,8-11,16-17,21,44-45H2,1-7H3. The van der Waals surface area contributed by atoms with Crippen LogP contribution in [0, 0.1) is 10.8 Å². The molecule has 12 heteroatoms. The van der Waals surface area contributed by atoms with Crippen LogP contribution in [0.2, 0.25) is 0 Å². The molecule has 4 rings (SSSR count). The average molecular weight is 717 g/mol. The van der Waals surface area contributed by atoms with Crippen LogP contribution >= 0.6 is 11.3 Å². The Labute approximate surface area is 289 Å². The summed E-state index contributed by atoms with van der Waals surface area (Å²) in [6.45, 7) is 10.4. The molecule has 1 aliphatic rings. The molecule has 0 saturated heterocycles. The molecule has 0 aliphatic heterocycles. The van der Waals surface area contributed by atoms with Crippen LogP contribution in [0.5, 0.6) is 5.75 Å². The SMILES string of the molecule is CCCCCc1ccc(-c2cc3ccc(OC4CCC(OC(OC)C(C)(C)C(N)CC(C)(C)N)C4(C)C(F)(F)F)cc3s2)c(C(F)(F)F)c1. The third-order valence-corrected chi connectivity index (χ3v) is 11.1. The minimum Gasteiger partial charge on any atom is -0.489 e. The van der Waals surface area contributed by atoms with Gasteiger partial charge in [-0.15, -0.1) is 11.3 Å². The van der Waals surface area contributed by atoms with Crippen LogP contribution in [-0.2, 0) is 22.1 Å². The molecular formula is C37H50F6N2O3S. The van der Waals surface area contributed by atoms with Crippen LogP contribution in [0.1, 0.15) is 91.2 Å². The van der Waals surface area contributed by atoms with Gasteiger partial charge >= 0.3 is 12.4 Å². The maximum absolute atomic E-state index is 14.9. The van der Waals surface area contributed by atoms with Gasteiger partial charge in [-0.05, 0) is 94.2 Å². The molecule has 0 radical (unpaired) electrons. The quantitative estimate of drug-likeness (QED) is 0.0987. The Morgan fingerprint density at radius 3 is 2.20 bits per heavy atom. The Morgan fingerprint density at radius 1 is 0.939 bits per heavy atom. The van der Waals surface area contributed by atoms with Gasteiger partial charge in [0.1, 0.15) is 17.3 Å². The number of halogens is 6. The summed E-state index contributed by atoms with van der Waals surface area (Å²) < 4.78 is 106. The van der Waals surface area contributed by atoms with E-state index in [0.29, 0.717) is 33.4 Å². The second-order valence-electron chi connectivity index (χ2n) is 14.9. The molecule has 5 unspecified atom stereocenters. The van der Waals surface area contributed by atoms with Crippen molar-refractivity contribution in [2.75, 3.05) is 7.11 Å². The lowest BCUT2D eigenvalue weighted by Crippen LogP contribution is -2.56. The van der Waals surface area contributed by atoms with Gasteiger partial charge in [-0.3, -0.25) is 0 Å². The maximum atomic E-state index is 14.9. The van der Waals surface area contributed by atoms with Crippen molar-refractivity contribution in [2.24, 2.45) is 22.3 Å². The summed E-state index contributed by atoms with van der Waals surface area (Å²) in [6, 6.07) is 10.4. The summed E-state index contributed by atoms with van der Waals surface area (Å²) in [6.07, 6.45) is -9.06. The van der Waals surface area contributed by atoms with Crippen LogP contribution in [-0.4, -0.2) is 43.4 Å². The van der Waals surface area contributed by atoms with E-state index in [4.69, 9.17) is 25.7 Å². The van der Waals surface area contributed by atoms with Gasteiger partial charge in [-0.2, -0.15) is 26.3 Å². The normalized spacial score (nSPS) is 22.1. The van der Waals surface area contributed by atoms with Gasteiger partial charge in [0.15, 0.2) is 6.29 Å². The smallest absolute Gasteiger partial charge is 0.417 e. The molecule has 5 atom stereocenters. The summed E-state index contributed by atoms with van der Waals surface area (Å²) in [5.41, 5.74) is 8.77. The lowest BCUT2D eigenvalue weighted by atomic mass is 9.77. The van der Waals surface area contributed by atoms with Gasteiger partial charge in [-0.25, -0.2) is 0 Å². The molecular weight excluding hydrogens is 666 g/mol. The number of nitrogens with two attached hydrogens (primary N) is 2. The zero-order chi connectivity index (χ0) is 36.6. The van der Waals surface area contributed by atoms with Crippen molar-refractivity contribution < 1.29 is 40.6 Å². The van der Waals surface area contributed by atoms with Crippen LogP contribution in [0.15, 0.2) is 42.5 Å². The second-order valence-corrected chi connectivity index (χ2v) is 16.0. The lowest BCUT2D eigenvalue weighted by Gasteiger charge is -2.44. The molecule has 1 aliphatic carbocycles. The monoisotopic (exact) mass is 716 g/mol. The fraction of sp³-hybridized carbons (Fsp3) is 0.622. The fourth-order valence-electron chi connectivity index (χ4n) is 6.71. The first-order valence-electron chi connectivity index (χ1n) is 16.8. The first kappa shape index (κ1) is 39.4. The third kappa shape index (κ3) is 8.75. The van der Waals surface area contributed by atoms with E-state index in [0.717, 1.165) is 37.5 Å². The maximum Gasteiger partial charge on any atom is 0.417 e. The van der Waals surface area contributed by atoms with Crippen molar-refractivity contribution in [1.29, 1.82) is 0 Å². The topological polar surface area (TPSA) is 79.7 Å². The van der Waals surface area contributed by atoms with Gasteiger partial charge in [0, 0.05) is 39.2 Å². The molecule has 1 saturated carbocycles. The van der Waals surface area contributed by atoms with Gasteiger partial charge in [0.05, 0.1) is 11.7 Å². The fourth-order valence-corrected chi connectivity index (χ4v) is 7.84. The van der Waals surface area contributed by atoms with Gasteiger partial charge < -0.3 is 25.7 Å². The van der Waals surface area contributed by atoms with Gasteiger partial charge in [0.25, 0.3) is 0 Å². The third-order valence-electron chi connectivity index (χ3n) is 9.94. The van der Waals surface area contributed by atoms with Crippen LogP contribution in [0.25, 0.3) is 20.5 Å². The number of thiophene rings is 1. The predicted octanol–water partition coefficient (Wildman–Crippen LogP) is 10.3. The Kier molecular flexibility index (Phi) is 11.8. The van der Waals surface area contributed by atoms with Crippen molar-refractivity contribution >= 4 is 21.4 Å². The van der Waals surface area contributed by atoms with E-state index in [-0.39, 0.29) is 24.2 Å².